The molecule has 0 saturated carbocycles. The van der Waals surface area contributed by atoms with E-state index in [4.69, 9.17) is 0 Å². The van der Waals surface area contributed by atoms with Crippen molar-refractivity contribution < 1.29 is 13.5 Å². The van der Waals surface area contributed by atoms with Gasteiger partial charge in [-0.1, -0.05) is 0 Å². The van der Waals surface area contributed by atoms with E-state index in [1.54, 1.807) is 30.5 Å². The topological polar surface area (TPSA) is 73.7 Å². The van der Waals surface area contributed by atoms with Crippen LogP contribution in [0.15, 0.2) is 47.5 Å². The highest BCUT2D eigenvalue weighted by atomic mass is 32.2. The van der Waals surface area contributed by atoms with Gasteiger partial charge in [0.2, 0.25) is 0 Å². The van der Waals surface area contributed by atoms with Crippen LogP contribution in [0.3, 0.4) is 0 Å². The van der Waals surface area contributed by atoms with Crippen molar-refractivity contribution in [2.75, 3.05) is 42.2 Å². The molecule has 0 atom stereocenters. The quantitative estimate of drug-likeness (QED) is 0.918. The number of aromatic nitrogens is 1. The standard InChI is InChI=1S/C16H19N3O3S/c1-23(21,22)15-3-2-8-17-16(15)19-11-9-18(10-12-19)13-4-6-14(20)7-5-13/h2-8,20H,9-12H2,1H3. The number of piperazine rings is 1. The lowest BCUT2D eigenvalue weighted by Gasteiger charge is -2.37. The van der Waals surface area contributed by atoms with Gasteiger partial charge < -0.3 is 14.9 Å². The van der Waals surface area contributed by atoms with Crippen LogP contribution in [0.25, 0.3) is 0 Å². The molecule has 0 radical (unpaired) electrons. The lowest BCUT2D eigenvalue weighted by molar-refractivity contribution is 0.475. The summed E-state index contributed by atoms with van der Waals surface area (Å²) in [5, 5.41) is 9.36. The van der Waals surface area contributed by atoms with Crippen molar-refractivity contribution in [3.63, 3.8) is 0 Å². The first kappa shape index (κ1) is 15.6. The monoisotopic (exact) mass is 333 g/mol. The Labute approximate surface area is 135 Å². The Morgan fingerprint density at radius 3 is 2.22 bits per heavy atom. The van der Waals surface area contributed by atoms with E-state index in [9.17, 15) is 13.5 Å². The fraction of sp³-hybridized carbons (Fsp3) is 0.312. The van der Waals surface area contributed by atoms with E-state index >= 15 is 0 Å². The summed E-state index contributed by atoms with van der Waals surface area (Å²) in [7, 11) is -3.30. The molecule has 0 amide bonds. The molecule has 1 aromatic heterocycles. The molecular weight excluding hydrogens is 314 g/mol. The Bertz CT molecular complexity index is 782. The Morgan fingerprint density at radius 1 is 1.00 bits per heavy atom. The van der Waals surface area contributed by atoms with Crippen LogP contribution in [0.4, 0.5) is 11.5 Å². The second kappa shape index (κ2) is 6.08. The first-order chi connectivity index (χ1) is 10.9. The van der Waals surface area contributed by atoms with Crippen LogP contribution in [0.5, 0.6) is 5.75 Å². The minimum Gasteiger partial charge on any atom is -0.508 e. The van der Waals surface area contributed by atoms with Gasteiger partial charge in [0.25, 0.3) is 0 Å². The van der Waals surface area contributed by atoms with Crippen molar-refractivity contribution in [2.45, 2.75) is 4.90 Å². The average molecular weight is 333 g/mol. The van der Waals surface area contributed by atoms with E-state index in [1.165, 1.54) is 6.26 Å². The highest BCUT2D eigenvalue weighted by Crippen LogP contribution is 2.25. The maximum atomic E-state index is 11.9. The zero-order valence-electron chi connectivity index (χ0n) is 12.9. The summed E-state index contributed by atoms with van der Waals surface area (Å²) in [5.74, 6) is 0.777. The molecule has 0 bridgehead atoms. The fourth-order valence-electron chi connectivity index (χ4n) is 2.75. The van der Waals surface area contributed by atoms with Crippen LogP contribution in [0.2, 0.25) is 0 Å². The van der Waals surface area contributed by atoms with Crippen molar-refractivity contribution in [3.8, 4) is 5.75 Å². The summed E-state index contributed by atoms with van der Waals surface area (Å²) in [5.41, 5.74) is 1.05. The van der Waals surface area contributed by atoms with E-state index in [0.29, 0.717) is 18.9 Å². The van der Waals surface area contributed by atoms with Crippen molar-refractivity contribution in [1.29, 1.82) is 0 Å². The van der Waals surface area contributed by atoms with Crippen molar-refractivity contribution in [2.24, 2.45) is 0 Å². The third-order valence-corrected chi connectivity index (χ3v) is 5.06. The second-order valence-corrected chi connectivity index (χ2v) is 7.57. The van der Waals surface area contributed by atoms with Gasteiger partial charge in [-0.3, -0.25) is 0 Å². The predicted molar refractivity (Wildman–Crippen MR) is 89.9 cm³/mol. The Kier molecular flexibility index (Phi) is 4.12. The number of pyridine rings is 1. The third kappa shape index (κ3) is 3.39. The number of aromatic hydroxyl groups is 1. The number of phenolic OH excluding ortho intramolecular Hbond substituents is 1. The fourth-order valence-corrected chi connectivity index (χ4v) is 3.59. The number of rotatable bonds is 3. The molecule has 1 N–H and O–H groups in total. The molecule has 2 aromatic rings. The van der Waals surface area contributed by atoms with Gasteiger partial charge in [0.05, 0.1) is 0 Å². The number of sulfone groups is 1. The Morgan fingerprint density at radius 2 is 1.61 bits per heavy atom. The summed E-state index contributed by atoms with van der Waals surface area (Å²) in [6, 6.07) is 10.3. The van der Waals surface area contributed by atoms with E-state index < -0.39 is 9.84 Å². The number of benzene rings is 1. The van der Waals surface area contributed by atoms with Crippen LogP contribution in [-0.4, -0.2) is 50.9 Å². The van der Waals surface area contributed by atoms with Gasteiger partial charge in [0.15, 0.2) is 9.84 Å². The van der Waals surface area contributed by atoms with Crippen LogP contribution < -0.4 is 9.80 Å². The zero-order chi connectivity index (χ0) is 16.4. The summed E-state index contributed by atoms with van der Waals surface area (Å²) in [4.78, 5) is 8.76. The van der Waals surface area contributed by atoms with Crippen LogP contribution in [-0.2, 0) is 9.84 Å². The molecule has 0 aliphatic carbocycles. The molecular formula is C16H19N3O3S. The maximum absolute atomic E-state index is 11.9. The summed E-state index contributed by atoms with van der Waals surface area (Å²) in [6.45, 7) is 2.93. The van der Waals surface area contributed by atoms with Gasteiger partial charge in [0, 0.05) is 44.3 Å². The van der Waals surface area contributed by atoms with Gasteiger partial charge in [-0.25, -0.2) is 13.4 Å². The molecule has 7 heteroatoms. The Hall–Kier alpha value is -2.28. The smallest absolute Gasteiger partial charge is 0.179 e. The molecule has 0 unspecified atom stereocenters. The van der Waals surface area contributed by atoms with Crippen LogP contribution in [0, 0.1) is 0 Å². The van der Waals surface area contributed by atoms with E-state index in [1.807, 2.05) is 17.0 Å². The van der Waals surface area contributed by atoms with Gasteiger partial charge in [-0.2, -0.15) is 0 Å². The number of nitrogens with zero attached hydrogens (tertiary/aromatic N) is 3. The number of anilines is 2. The van der Waals surface area contributed by atoms with Crippen LogP contribution in [0.1, 0.15) is 0 Å². The highest BCUT2D eigenvalue weighted by Gasteiger charge is 2.23. The number of hydrogen-bond donors (Lipinski definition) is 1. The molecule has 6 nitrogen and oxygen atoms in total. The first-order valence-electron chi connectivity index (χ1n) is 7.39. The number of phenols is 1. The molecule has 2 heterocycles. The minimum atomic E-state index is -3.30. The largest absolute Gasteiger partial charge is 0.508 e. The normalized spacial score (nSPS) is 15.7. The maximum Gasteiger partial charge on any atom is 0.179 e. The molecule has 3 rings (SSSR count). The average Bonchev–Trinajstić information content (AvgIpc) is 2.55. The van der Waals surface area contributed by atoms with Crippen molar-refractivity contribution >= 4 is 21.3 Å². The zero-order valence-corrected chi connectivity index (χ0v) is 13.7. The molecule has 0 spiro atoms. The molecule has 122 valence electrons. The third-order valence-electron chi connectivity index (χ3n) is 3.94. The van der Waals surface area contributed by atoms with E-state index in [0.717, 1.165) is 18.8 Å². The second-order valence-electron chi connectivity index (χ2n) is 5.59. The van der Waals surface area contributed by atoms with E-state index in [2.05, 4.69) is 9.88 Å². The van der Waals surface area contributed by atoms with Gasteiger partial charge in [-0.05, 0) is 36.4 Å². The summed E-state index contributed by atoms with van der Waals surface area (Å²) < 4.78 is 23.8. The SMILES string of the molecule is CS(=O)(=O)c1cccnc1N1CCN(c2ccc(O)cc2)CC1. The highest BCUT2D eigenvalue weighted by molar-refractivity contribution is 7.90. The molecule has 1 aliphatic heterocycles. The molecule has 23 heavy (non-hydrogen) atoms. The summed E-state index contributed by atoms with van der Waals surface area (Å²) >= 11 is 0. The molecule has 1 aliphatic rings. The summed E-state index contributed by atoms with van der Waals surface area (Å²) in [6.07, 6.45) is 2.83. The molecule has 1 fully saturated rings. The van der Waals surface area contributed by atoms with Crippen molar-refractivity contribution in [1.82, 2.24) is 4.98 Å². The Balaban J connectivity index is 1.76. The van der Waals surface area contributed by atoms with Gasteiger partial charge >= 0.3 is 0 Å². The lowest BCUT2D eigenvalue weighted by Crippen LogP contribution is -2.47. The number of hydrogen-bond acceptors (Lipinski definition) is 6. The first-order valence-corrected chi connectivity index (χ1v) is 9.28. The lowest BCUT2D eigenvalue weighted by atomic mass is 10.2. The van der Waals surface area contributed by atoms with Crippen molar-refractivity contribution in [3.05, 3.63) is 42.6 Å². The molecule has 1 saturated heterocycles. The predicted octanol–water partition coefficient (Wildman–Crippen LogP) is 1.52. The van der Waals surface area contributed by atoms with Gasteiger partial charge in [-0.15, -0.1) is 0 Å². The van der Waals surface area contributed by atoms with Gasteiger partial charge in [0.1, 0.15) is 16.5 Å². The molecule has 1 aromatic carbocycles. The minimum absolute atomic E-state index is 0.249. The van der Waals surface area contributed by atoms with E-state index in [-0.39, 0.29) is 10.6 Å². The van der Waals surface area contributed by atoms with Crippen LogP contribution >= 0.6 is 0 Å².